The first-order valence-corrected chi connectivity index (χ1v) is 8.24. The Morgan fingerprint density at radius 2 is 1.41 bits per heavy atom. The van der Waals surface area contributed by atoms with Crippen LogP contribution in [0.15, 0.2) is 67.6 Å². The van der Waals surface area contributed by atoms with Crippen molar-refractivity contribution < 1.29 is 4.79 Å². The molecule has 0 aliphatic heterocycles. The Hall–Kier alpha value is -3.87. The van der Waals surface area contributed by atoms with Gasteiger partial charge in [-0.2, -0.15) is 0 Å². The van der Waals surface area contributed by atoms with Gasteiger partial charge in [-0.15, -0.1) is 0 Å². The van der Waals surface area contributed by atoms with E-state index in [-0.39, 0.29) is 5.78 Å². The van der Waals surface area contributed by atoms with Crippen molar-refractivity contribution in [3.63, 3.8) is 0 Å². The molecule has 4 rings (SSSR count). The van der Waals surface area contributed by atoms with E-state index in [0.717, 1.165) is 0 Å². The van der Waals surface area contributed by atoms with Crippen molar-refractivity contribution >= 4 is 5.78 Å². The highest BCUT2D eigenvalue weighted by Crippen LogP contribution is 2.29. The highest BCUT2D eigenvalue weighted by Gasteiger charge is 2.17. The minimum Gasteiger partial charge on any atom is -0.294 e. The van der Waals surface area contributed by atoms with Gasteiger partial charge in [0.05, 0.1) is 24.3 Å². The summed E-state index contributed by atoms with van der Waals surface area (Å²) >= 11 is 0. The molecule has 4 aromatic rings. The number of hydrogen-bond donors (Lipinski definition) is 0. The van der Waals surface area contributed by atoms with Crippen molar-refractivity contribution in [2.24, 2.45) is 0 Å². The smallest absolute Gasteiger partial charge is 0.160 e. The predicted molar refractivity (Wildman–Crippen MR) is 99.5 cm³/mol. The van der Waals surface area contributed by atoms with Crippen LogP contribution >= 0.6 is 0 Å². The largest absolute Gasteiger partial charge is 0.294 e. The zero-order valence-electron chi connectivity index (χ0n) is 14.4. The third-order valence-corrected chi connectivity index (χ3v) is 3.97. The molecule has 7 heteroatoms. The standard InChI is InChI=1S/C20H14N6O/c1-13(27)14-4-2-3-5-15(14)16-12-25-19(17-10-21-6-8-23-17)20(26-16)18-11-22-7-9-24-18/h2-12H,1H3. The van der Waals surface area contributed by atoms with Gasteiger partial charge in [-0.1, -0.05) is 24.3 Å². The Balaban J connectivity index is 1.94. The van der Waals surface area contributed by atoms with E-state index in [1.807, 2.05) is 18.2 Å². The van der Waals surface area contributed by atoms with Gasteiger partial charge in [-0.25, -0.2) is 9.97 Å². The second-order valence-corrected chi connectivity index (χ2v) is 5.74. The summed E-state index contributed by atoms with van der Waals surface area (Å²) in [5.74, 6) is -0.0357. The van der Waals surface area contributed by atoms with Crippen molar-refractivity contribution in [2.45, 2.75) is 6.92 Å². The average molecular weight is 354 g/mol. The number of ketones is 1. The number of Topliss-reactive ketones (excluding diaryl/α,β-unsaturated/α-hetero) is 1. The van der Waals surface area contributed by atoms with Crippen molar-refractivity contribution in [1.29, 1.82) is 0 Å². The maximum atomic E-state index is 12.0. The summed E-state index contributed by atoms with van der Waals surface area (Å²) < 4.78 is 0. The van der Waals surface area contributed by atoms with E-state index < -0.39 is 0 Å². The number of aromatic nitrogens is 6. The number of carbonyl (C=O) groups excluding carboxylic acids is 1. The van der Waals surface area contributed by atoms with Crippen LogP contribution in [0.25, 0.3) is 34.0 Å². The molecule has 0 atom stereocenters. The lowest BCUT2D eigenvalue weighted by Gasteiger charge is -2.11. The van der Waals surface area contributed by atoms with Crippen LogP contribution in [-0.2, 0) is 0 Å². The highest BCUT2D eigenvalue weighted by molar-refractivity contribution is 6.00. The second-order valence-electron chi connectivity index (χ2n) is 5.74. The quantitative estimate of drug-likeness (QED) is 0.519. The normalized spacial score (nSPS) is 10.6. The fourth-order valence-corrected chi connectivity index (χ4v) is 2.74. The molecule has 0 bridgehead atoms. The molecule has 0 spiro atoms. The van der Waals surface area contributed by atoms with E-state index in [0.29, 0.717) is 39.6 Å². The van der Waals surface area contributed by atoms with Crippen LogP contribution in [0.4, 0.5) is 0 Å². The Kier molecular flexibility index (Phi) is 4.40. The van der Waals surface area contributed by atoms with E-state index in [9.17, 15) is 4.79 Å². The number of rotatable bonds is 4. The molecule has 0 saturated carbocycles. The molecule has 0 aliphatic rings. The van der Waals surface area contributed by atoms with Crippen molar-refractivity contribution in [1.82, 2.24) is 29.9 Å². The molecule has 3 heterocycles. The number of carbonyl (C=O) groups is 1. The van der Waals surface area contributed by atoms with Gasteiger partial charge < -0.3 is 0 Å². The fourth-order valence-electron chi connectivity index (χ4n) is 2.74. The van der Waals surface area contributed by atoms with Crippen LogP contribution in [0, 0.1) is 0 Å². The fraction of sp³-hybridized carbons (Fsp3) is 0.0500. The Morgan fingerprint density at radius 3 is 2.04 bits per heavy atom. The van der Waals surface area contributed by atoms with Gasteiger partial charge in [0, 0.05) is 35.9 Å². The molecular formula is C20H14N6O. The van der Waals surface area contributed by atoms with Crippen molar-refractivity contribution in [3.05, 3.63) is 73.2 Å². The molecule has 0 radical (unpaired) electrons. The molecule has 130 valence electrons. The average Bonchev–Trinajstić information content (AvgIpc) is 2.74. The zero-order chi connectivity index (χ0) is 18.6. The SMILES string of the molecule is CC(=O)c1ccccc1-c1cnc(-c2cnccn2)c(-c2cnccn2)n1. The van der Waals surface area contributed by atoms with Gasteiger partial charge in [0.15, 0.2) is 5.78 Å². The lowest BCUT2D eigenvalue weighted by Crippen LogP contribution is -2.02. The monoisotopic (exact) mass is 354 g/mol. The number of hydrogen-bond acceptors (Lipinski definition) is 7. The first-order valence-electron chi connectivity index (χ1n) is 8.24. The van der Waals surface area contributed by atoms with Crippen LogP contribution in [0.3, 0.4) is 0 Å². The predicted octanol–water partition coefficient (Wildman–Crippen LogP) is 3.26. The molecule has 1 aromatic carbocycles. The summed E-state index contributed by atoms with van der Waals surface area (Å²) in [6, 6.07) is 7.31. The molecule has 0 N–H and O–H groups in total. The van der Waals surface area contributed by atoms with E-state index in [1.165, 1.54) is 6.92 Å². The third kappa shape index (κ3) is 3.30. The second kappa shape index (κ2) is 7.17. The van der Waals surface area contributed by atoms with E-state index >= 15 is 0 Å². The molecule has 0 unspecified atom stereocenters. The Bertz CT molecular complexity index is 1100. The zero-order valence-corrected chi connectivity index (χ0v) is 14.4. The summed E-state index contributed by atoms with van der Waals surface area (Å²) in [5, 5.41) is 0. The molecule has 0 saturated heterocycles. The third-order valence-electron chi connectivity index (χ3n) is 3.97. The van der Waals surface area contributed by atoms with Gasteiger partial charge in [0.25, 0.3) is 0 Å². The Morgan fingerprint density at radius 1 is 0.741 bits per heavy atom. The summed E-state index contributed by atoms with van der Waals surface area (Å²) in [6.45, 7) is 1.53. The highest BCUT2D eigenvalue weighted by atomic mass is 16.1. The summed E-state index contributed by atoms with van der Waals surface area (Å²) in [4.78, 5) is 38.2. The molecule has 0 aliphatic carbocycles. The van der Waals surface area contributed by atoms with Crippen LogP contribution < -0.4 is 0 Å². The molecule has 3 aromatic heterocycles. The minimum atomic E-state index is -0.0357. The number of nitrogens with zero attached hydrogens (tertiary/aromatic N) is 6. The van der Waals surface area contributed by atoms with Gasteiger partial charge in [-0.05, 0) is 6.92 Å². The Labute approximate surface area is 155 Å². The maximum Gasteiger partial charge on any atom is 0.160 e. The molecule has 7 nitrogen and oxygen atoms in total. The van der Waals surface area contributed by atoms with E-state index in [2.05, 4.69) is 24.9 Å². The lowest BCUT2D eigenvalue weighted by atomic mass is 10.0. The van der Waals surface area contributed by atoms with E-state index in [4.69, 9.17) is 4.98 Å². The van der Waals surface area contributed by atoms with Crippen LogP contribution in [-0.4, -0.2) is 35.7 Å². The van der Waals surface area contributed by atoms with Crippen LogP contribution in [0.5, 0.6) is 0 Å². The minimum absolute atomic E-state index is 0.0357. The molecular weight excluding hydrogens is 340 g/mol. The van der Waals surface area contributed by atoms with Gasteiger partial charge in [-0.3, -0.25) is 24.7 Å². The van der Waals surface area contributed by atoms with Gasteiger partial charge in [0.1, 0.15) is 22.8 Å². The lowest BCUT2D eigenvalue weighted by molar-refractivity contribution is 0.101. The topological polar surface area (TPSA) is 94.4 Å². The molecule has 27 heavy (non-hydrogen) atoms. The van der Waals surface area contributed by atoms with Gasteiger partial charge in [0.2, 0.25) is 0 Å². The summed E-state index contributed by atoms with van der Waals surface area (Å²) in [7, 11) is 0. The van der Waals surface area contributed by atoms with Gasteiger partial charge >= 0.3 is 0 Å². The van der Waals surface area contributed by atoms with Crippen molar-refractivity contribution in [3.8, 4) is 34.0 Å². The molecule has 0 fully saturated rings. The van der Waals surface area contributed by atoms with E-state index in [1.54, 1.807) is 49.4 Å². The maximum absolute atomic E-state index is 12.0. The van der Waals surface area contributed by atoms with Crippen LogP contribution in [0.1, 0.15) is 17.3 Å². The van der Waals surface area contributed by atoms with Crippen molar-refractivity contribution in [2.75, 3.05) is 0 Å². The number of benzene rings is 1. The summed E-state index contributed by atoms with van der Waals surface area (Å²) in [5.41, 5.74) is 4.10. The first-order chi connectivity index (χ1) is 13.2. The van der Waals surface area contributed by atoms with Crippen LogP contribution in [0.2, 0.25) is 0 Å². The summed E-state index contributed by atoms with van der Waals surface area (Å²) in [6.07, 6.45) is 11.2. The first kappa shape index (κ1) is 16.6. The molecule has 0 amide bonds.